The number of aliphatic hydroxyl groups is 1. The Morgan fingerprint density at radius 1 is 1.38 bits per heavy atom. The summed E-state index contributed by atoms with van der Waals surface area (Å²) in [5, 5.41) is 9.18. The average molecular weight is 315 g/mol. The molecule has 0 aliphatic carbocycles. The van der Waals surface area contributed by atoms with Gasteiger partial charge in [0.15, 0.2) is 0 Å². The third-order valence-electron chi connectivity index (χ3n) is 4.28. The molecule has 1 heterocycles. The lowest BCUT2D eigenvalue weighted by atomic mass is 10.1. The molecule has 0 amide bonds. The van der Waals surface area contributed by atoms with Gasteiger partial charge in [0.2, 0.25) is 10.0 Å². The summed E-state index contributed by atoms with van der Waals surface area (Å²) in [6.07, 6.45) is 2.39. The van der Waals surface area contributed by atoms with E-state index in [0.29, 0.717) is 0 Å². The summed E-state index contributed by atoms with van der Waals surface area (Å²) < 4.78 is 41.3. The molecule has 1 aliphatic heterocycles. The topological polar surface area (TPSA) is 57.6 Å². The van der Waals surface area contributed by atoms with Crippen LogP contribution >= 0.6 is 0 Å². The Bertz CT molecular complexity index is 630. The van der Waals surface area contributed by atoms with Gasteiger partial charge in [0.25, 0.3) is 0 Å². The van der Waals surface area contributed by atoms with E-state index in [9.17, 15) is 17.9 Å². The van der Waals surface area contributed by atoms with Gasteiger partial charge in [0.1, 0.15) is 5.82 Å². The van der Waals surface area contributed by atoms with Crippen LogP contribution in [0.25, 0.3) is 0 Å². The summed E-state index contributed by atoms with van der Waals surface area (Å²) in [5.41, 5.74) is 0.387. The standard InChI is InChI=1S/C15H22FNO3S/c1-4-13-6-5-10(2)17(13)21(19,20)15-8-12(9-18)7-14(16)11(15)3/h7-8,10,13,18H,4-6,9H2,1-3H3. The zero-order valence-electron chi connectivity index (χ0n) is 12.6. The smallest absolute Gasteiger partial charge is 0.243 e. The average Bonchev–Trinajstić information content (AvgIpc) is 2.83. The molecule has 1 N–H and O–H groups in total. The highest BCUT2D eigenvalue weighted by Crippen LogP contribution is 2.34. The Kier molecular flexibility index (Phi) is 4.70. The summed E-state index contributed by atoms with van der Waals surface area (Å²) in [6.45, 7) is 4.93. The van der Waals surface area contributed by atoms with Gasteiger partial charge < -0.3 is 5.11 Å². The van der Waals surface area contributed by atoms with Crippen LogP contribution in [0.5, 0.6) is 0 Å². The zero-order valence-corrected chi connectivity index (χ0v) is 13.5. The first-order valence-corrected chi connectivity index (χ1v) is 8.70. The molecule has 1 aromatic rings. The molecule has 2 atom stereocenters. The maximum atomic E-state index is 13.9. The van der Waals surface area contributed by atoms with Gasteiger partial charge in [-0.05, 0) is 50.8 Å². The first-order valence-electron chi connectivity index (χ1n) is 7.26. The molecule has 0 aromatic heterocycles. The molecule has 1 fully saturated rings. The third-order valence-corrected chi connectivity index (χ3v) is 6.47. The molecule has 1 aliphatic rings. The number of nitrogens with zero attached hydrogens (tertiary/aromatic N) is 1. The molecule has 1 saturated heterocycles. The van der Waals surface area contributed by atoms with Gasteiger partial charge in [-0.2, -0.15) is 4.31 Å². The maximum Gasteiger partial charge on any atom is 0.243 e. The molecular weight excluding hydrogens is 293 g/mol. The molecule has 2 rings (SSSR count). The van der Waals surface area contributed by atoms with Crippen molar-refractivity contribution in [2.45, 2.75) is 63.6 Å². The van der Waals surface area contributed by atoms with Gasteiger partial charge in [0, 0.05) is 17.6 Å². The van der Waals surface area contributed by atoms with Crippen LogP contribution in [0.2, 0.25) is 0 Å². The Morgan fingerprint density at radius 3 is 2.62 bits per heavy atom. The van der Waals surface area contributed by atoms with Crippen LogP contribution in [0.3, 0.4) is 0 Å². The van der Waals surface area contributed by atoms with E-state index in [4.69, 9.17) is 0 Å². The molecule has 0 radical (unpaired) electrons. The summed E-state index contributed by atoms with van der Waals surface area (Å²) in [5.74, 6) is -0.597. The van der Waals surface area contributed by atoms with Crippen molar-refractivity contribution in [1.29, 1.82) is 0 Å². The number of aliphatic hydroxyl groups excluding tert-OH is 1. The Balaban J connectivity index is 2.56. The highest BCUT2D eigenvalue weighted by molar-refractivity contribution is 7.89. The van der Waals surface area contributed by atoms with Gasteiger partial charge in [-0.25, -0.2) is 12.8 Å². The van der Waals surface area contributed by atoms with E-state index in [1.165, 1.54) is 23.4 Å². The van der Waals surface area contributed by atoms with Crippen molar-refractivity contribution in [2.24, 2.45) is 0 Å². The van der Waals surface area contributed by atoms with Gasteiger partial charge in [-0.15, -0.1) is 0 Å². The van der Waals surface area contributed by atoms with Crippen molar-refractivity contribution in [3.8, 4) is 0 Å². The van der Waals surface area contributed by atoms with E-state index < -0.39 is 15.8 Å². The second kappa shape index (κ2) is 6.02. The SMILES string of the molecule is CCC1CCC(C)N1S(=O)(=O)c1cc(CO)cc(F)c1C. The van der Waals surface area contributed by atoms with Gasteiger partial charge in [0.05, 0.1) is 11.5 Å². The fraction of sp³-hybridized carbons (Fsp3) is 0.600. The number of rotatable bonds is 4. The molecule has 0 spiro atoms. The van der Waals surface area contributed by atoms with Crippen LogP contribution in [0, 0.1) is 12.7 Å². The molecule has 4 nitrogen and oxygen atoms in total. The van der Waals surface area contributed by atoms with Crippen molar-refractivity contribution in [3.05, 3.63) is 29.1 Å². The van der Waals surface area contributed by atoms with Crippen LogP contribution in [-0.4, -0.2) is 29.9 Å². The molecule has 118 valence electrons. The van der Waals surface area contributed by atoms with Crippen LogP contribution < -0.4 is 0 Å². The second-order valence-corrected chi connectivity index (χ2v) is 7.49. The number of hydrogen-bond acceptors (Lipinski definition) is 3. The fourth-order valence-corrected chi connectivity index (χ4v) is 5.28. The summed E-state index contributed by atoms with van der Waals surface area (Å²) in [4.78, 5) is -0.0289. The molecule has 6 heteroatoms. The Hall–Kier alpha value is -0.980. The molecule has 21 heavy (non-hydrogen) atoms. The van der Waals surface area contributed by atoms with E-state index in [-0.39, 0.29) is 34.7 Å². The molecule has 0 saturated carbocycles. The lowest BCUT2D eigenvalue weighted by Gasteiger charge is -2.28. The van der Waals surface area contributed by atoms with E-state index in [2.05, 4.69) is 0 Å². The predicted octanol–water partition coefficient (Wildman–Crippen LogP) is 2.58. The van der Waals surface area contributed by atoms with Gasteiger partial charge in [-0.3, -0.25) is 0 Å². The first kappa shape index (κ1) is 16.4. The van der Waals surface area contributed by atoms with E-state index >= 15 is 0 Å². The van der Waals surface area contributed by atoms with Crippen molar-refractivity contribution < 1.29 is 17.9 Å². The highest BCUT2D eigenvalue weighted by atomic mass is 32.2. The van der Waals surface area contributed by atoms with E-state index in [1.54, 1.807) is 0 Å². The number of halogens is 1. The number of sulfonamides is 1. The van der Waals surface area contributed by atoms with E-state index in [0.717, 1.165) is 19.3 Å². The maximum absolute atomic E-state index is 13.9. The molecule has 1 aromatic carbocycles. The minimum Gasteiger partial charge on any atom is -0.392 e. The summed E-state index contributed by atoms with van der Waals surface area (Å²) in [6, 6.07) is 2.44. The minimum atomic E-state index is -3.75. The number of hydrogen-bond donors (Lipinski definition) is 1. The minimum absolute atomic E-state index is 0.0289. The summed E-state index contributed by atoms with van der Waals surface area (Å²) >= 11 is 0. The van der Waals surface area contributed by atoms with Crippen LogP contribution in [0.15, 0.2) is 17.0 Å². The quantitative estimate of drug-likeness (QED) is 0.929. The van der Waals surface area contributed by atoms with Crippen molar-refractivity contribution in [3.63, 3.8) is 0 Å². The van der Waals surface area contributed by atoms with Gasteiger partial charge >= 0.3 is 0 Å². The monoisotopic (exact) mass is 315 g/mol. The van der Waals surface area contributed by atoms with Crippen LogP contribution in [-0.2, 0) is 16.6 Å². The normalized spacial score (nSPS) is 23.7. The van der Waals surface area contributed by atoms with E-state index in [1.807, 2.05) is 13.8 Å². The molecular formula is C15H22FNO3S. The number of benzene rings is 1. The predicted molar refractivity (Wildman–Crippen MR) is 78.9 cm³/mol. The Morgan fingerprint density at radius 2 is 2.05 bits per heavy atom. The van der Waals surface area contributed by atoms with Crippen LogP contribution in [0.1, 0.15) is 44.2 Å². The lowest BCUT2D eigenvalue weighted by molar-refractivity contribution is 0.280. The Labute approximate surface area is 125 Å². The lowest BCUT2D eigenvalue weighted by Crippen LogP contribution is -2.40. The molecule has 0 bridgehead atoms. The van der Waals surface area contributed by atoms with Crippen molar-refractivity contribution in [1.82, 2.24) is 4.31 Å². The highest BCUT2D eigenvalue weighted by Gasteiger charge is 2.40. The van der Waals surface area contributed by atoms with Gasteiger partial charge in [-0.1, -0.05) is 6.92 Å². The molecule has 2 unspecified atom stereocenters. The first-order chi connectivity index (χ1) is 9.82. The third kappa shape index (κ3) is 2.84. The zero-order chi connectivity index (χ0) is 15.8. The largest absolute Gasteiger partial charge is 0.392 e. The van der Waals surface area contributed by atoms with Crippen molar-refractivity contribution in [2.75, 3.05) is 0 Å². The fourth-order valence-electron chi connectivity index (χ4n) is 3.04. The summed E-state index contributed by atoms with van der Waals surface area (Å²) in [7, 11) is -3.75. The van der Waals surface area contributed by atoms with Crippen molar-refractivity contribution >= 4 is 10.0 Å². The van der Waals surface area contributed by atoms with Crippen LogP contribution in [0.4, 0.5) is 4.39 Å². The second-order valence-electron chi connectivity index (χ2n) is 5.68.